The van der Waals surface area contributed by atoms with Gasteiger partial charge in [0.1, 0.15) is 5.69 Å². The minimum atomic E-state index is -0.0944. The number of amides is 2. The number of H-pyrrole nitrogens is 1. The standard InChI is InChI=1S/C21H20N4O2S/c26-19(16-7-3-1-4-8-16)23-11-13-24(14-12-23)20(27)18-15-22-21(28)25(18)17-9-5-2-6-10-17/h1-10,15H,11-14H2,(H,22,28). The van der Waals surface area contributed by atoms with Crippen molar-refractivity contribution >= 4 is 24.0 Å². The Balaban J connectivity index is 1.48. The quantitative estimate of drug-likeness (QED) is 0.697. The fourth-order valence-corrected chi connectivity index (χ4v) is 3.66. The molecular weight excluding hydrogens is 372 g/mol. The molecule has 2 heterocycles. The predicted molar refractivity (Wildman–Crippen MR) is 109 cm³/mol. The molecule has 1 saturated heterocycles. The summed E-state index contributed by atoms with van der Waals surface area (Å²) in [4.78, 5) is 32.2. The molecule has 0 spiro atoms. The molecule has 1 fully saturated rings. The molecule has 1 aliphatic rings. The highest BCUT2D eigenvalue weighted by Crippen LogP contribution is 2.16. The van der Waals surface area contributed by atoms with Crippen LogP contribution in [-0.4, -0.2) is 57.3 Å². The van der Waals surface area contributed by atoms with Crippen molar-refractivity contribution in [2.75, 3.05) is 26.2 Å². The van der Waals surface area contributed by atoms with Crippen molar-refractivity contribution in [1.82, 2.24) is 19.4 Å². The van der Waals surface area contributed by atoms with Gasteiger partial charge in [-0.05, 0) is 36.5 Å². The zero-order valence-electron chi connectivity index (χ0n) is 15.2. The van der Waals surface area contributed by atoms with E-state index in [9.17, 15) is 9.59 Å². The van der Waals surface area contributed by atoms with Crippen molar-refractivity contribution in [2.24, 2.45) is 0 Å². The Morgan fingerprint density at radius 2 is 1.32 bits per heavy atom. The van der Waals surface area contributed by atoms with E-state index in [1.165, 1.54) is 0 Å². The Bertz CT molecular complexity index is 1040. The summed E-state index contributed by atoms with van der Waals surface area (Å²) < 4.78 is 2.23. The second kappa shape index (κ2) is 7.82. The van der Waals surface area contributed by atoms with E-state index in [1.54, 1.807) is 20.6 Å². The van der Waals surface area contributed by atoms with E-state index in [0.29, 0.717) is 42.2 Å². The smallest absolute Gasteiger partial charge is 0.272 e. The number of hydrogen-bond acceptors (Lipinski definition) is 3. The Hall–Kier alpha value is -3.19. The lowest BCUT2D eigenvalue weighted by Crippen LogP contribution is -2.50. The number of carbonyl (C=O) groups is 2. The lowest BCUT2D eigenvalue weighted by atomic mass is 10.2. The van der Waals surface area contributed by atoms with Gasteiger partial charge in [-0.15, -0.1) is 0 Å². The van der Waals surface area contributed by atoms with Gasteiger partial charge in [-0.2, -0.15) is 0 Å². The van der Waals surface area contributed by atoms with Gasteiger partial charge >= 0.3 is 0 Å². The van der Waals surface area contributed by atoms with Crippen LogP contribution in [0.25, 0.3) is 5.69 Å². The molecule has 0 atom stereocenters. The third-order valence-electron chi connectivity index (χ3n) is 4.88. The zero-order chi connectivity index (χ0) is 19.5. The average Bonchev–Trinajstić information content (AvgIpc) is 3.15. The van der Waals surface area contributed by atoms with Crippen LogP contribution in [0.1, 0.15) is 20.8 Å². The van der Waals surface area contributed by atoms with Crippen molar-refractivity contribution in [2.45, 2.75) is 0 Å². The summed E-state index contributed by atoms with van der Waals surface area (Å²) in [5.41, 5.74) is 2.01. The SMILES string of the molecule is O=C(c1ccccc1)N1CCN(C(=O)c2c[nH]c(=S)n2-c2ccccc2)CC1. The maximum atomic E-state index is 13.1. The van der Waals surface area contributed by atoms with Gasteiger partial charge in [-0.1, -0.05) is 36.4 Å². The van der Waals surface area contributed by atoms with Crippen molar-refractivity contribution < 1.29 is 9.59 Å². The third kappa shape index (κ3) is 3.48. The number of imidazole rings is 1. The van der Waals surface area contributed by atoms with E-state index in [-0.39, 0.29) is 11.8 Å². The first kappa shape index (κ1) is 18.2. The molecule has 3 aromatic rings. The molecule has 1 aliphatic heterocycles. The van der Waals surface area contributed by atoms with Gasteiger partial charge in [0.05, 0.1) is 0 Å². The van der Waals surface area contributed by atoms with E-state index in [2.05, 4.69) is 4.98 Å². The number of nitrogens with one attached hydrogen (secondary N) is 1. The summed E-state index contributed by atoms with van der Waals surface area (Å²) in [5, 5.41) is 0. The molecule has 0 aliphatic carbocycles. The van der Waals surface area contributed by atoms with Crippen LogP contribution in [0.4, 0.5) is 0 Å². The van der Waals surface area contributed by atoms with Crippen molar-refractivity contribution in [1.29, 1.82) is 0 Å². The molecule has 7 heteroatoms. The number of hydrogen-bond donors (Lipinski definition) is 1. The summed E-state index contributed by atoms with van der Waals surface area (Å²) >= 11 is 5.37. The summed E-state index contributed by atoms with van der Waals surface area (Å²) in [7, 11) is 0. The maximum Gasteiger partial charge on any atom is 0.272 e. The highest BCUT2D eigenvalue weighted by atomic mass is 32.1. The van der Waals surface area contributed by atoms with Gasteiger partial charge in [0, 0.05) is 43.6 Å². The van der Waals surface area contributed by atoms with Gasteiger partial charge in [0.25, 0.3) is 11.8 Å². The summed E-state index contributed by atoms with van der Waals surface area (Å²) in [6, 6.07) is 18.8. The summed E-state index contributed by atoms with van der Waals surface area (Å²) in [6.45, 7) is 2.00. The monoisotopic (exact) mass is 392 g/mol. The average molecular weight is 392 g/mol. The van der Waals surface area contributed by atoms with E-state index in [0.717, 1.165) is 5.69 Å². The Labute approximate surface area is 168 Å². The molecule has 6 nitrogen and oxygen atoms in total. The number of benzene rings is 2. The number of nitrogens with zero attached hydrogens (tertiary/aromatic N) is 3. The molecule has 0 saturated carbocycles. The molecular formula is C21H20N4O2S. The molecule has 4 rings (SSSR count). The Morgan fingerprint density at radius 3 is 1.93 bits per heavy atom. The van der Waals surface area contributed by atoms with Gasteiger partial charge in [-0.25, -0.2) is 0 Å². The summed E-state index contributed by atoms with van der Waals surface area (Å²) in [5.74, 6) is -0.0930. The van der Waals surface area contributed by atoms with Crippen LogP contribution in [-0.2, 0) is 0 Å². The number of carbonyl (C=O) groups excluding carboxylic acids is 2. The van der Waals surface area contributed by atoms with Crippen LogP contribution < -0.4 is 0 Å². The first-order valence-electron chi connectivity index (χ1n) is 9.14. The van der Waals surface area contributed by atoms with Crippen LogP contribution in [0.5, 0.6) is 0 Å². The lowest BCUT2D eigenvalue weighted by Gasteiger charge is -2.34. The first-order chi connectivity index (χ1) is 13.6. The first-order valence-corrected chi connectivity index (χ1v) is 9.55. The molecule has 1 aromatic heterocycles. The molecule has 142 valence electrons. The largest absolute Gasteiger partial charge is 0.336 e. The van der Waals surface area contributed by atoms with E-state index >= 15 is 0 Å². The highest BCUT2D eigenvalue weighted by Gasteiger charge is 2.27. The van der Waals surface area contributed by atoms with Crippen LogP contribution in [0.3, 0.4) is 0 Å². The topological polar surface area (TPSA) is 61.3 Å². The minimum Gasteiger partial charge on any atom is -0.336 e. The summed E-state index contributed by atoms with van der Waals surface area (Å²) in [6.07, 6.45) is 1.65. The number of rotatable bonds is 3. The second-order valence-electron chi connectivity index (χ2n) is 6.60. The van der Waals surface area contributed by atoms with Crippen LogP contribution >= 0.6 is 12.2 Å². The van der Waals surface area contributed by atoms with E-state index in [4.69, 9.17) is 12.2 Å². The number of piperazine rings is 1. The van der Waals surface area contributed by atoms with Gasteiger partial charge in [-0.3, -0.25) is 14.2 Å². The maximum absolute atomic E-state index is 13.1. The molecule has 28 heavy (non-hydrogen) atoms. The predicted octanol–water partition coefficient (Wildman–Crippen LogP) is 3.13. The van der Waals surface area contributed by atoms with Crippen molar-refractivity contribution in [3.05, 3.63) is 82.9 Å². The molecule has 0 bridgehead atoms. The van der Waals surface area contributed by atoms with Crippen molar-refractivity contribution in [3.63, 3.8) is 0 Å². The number of aromatic amines is 1. The van der Waals surface area contributed by atoms with Gasteiger partial charge in [0.15, 0.2) is 4.77 Å². The molecule has 1 N–H and O–H groups in total. The molecule has 0 unspecified atom stereocenters. The van der Waals surface area contributed by atoms with E-state index < -0.39 is 0 Å². The van der Waals surface area contributed by atoms with Gasteiger partial charge < -0.3 is 14.8 Å². The second-order valence-corrected chi connectivity index (χ2v) is 6.99. The van der Waals surface area contributed by atoms with Crippen LogP contribution in [0.15, 0.2) is 66.9 Å². The fourth-order valence-electron chi connectivity index (χ4n) is 3.40. The van der Waals surface area contributed by atoms with Crippen LogP contribution in [0.2, 0.25) is 0 Å². The number of para-hydroxylation sites is 1. The normalized spacial score (nSPS) is 14.1. The molecule has 0 radical (unpaired) electrons. The van der Waals surface area contributed by atoms with Gasteiger partial charge in [0.2, 0.25) is 0 Å². The Kier molecular flexibility index (Phi) is 5.08. The van der Waals surface area contributed by atoms with Crippen LogP contribution in [0, 0.1) is 4.77 Å². The van der Waals surface area contributed by atoms with E-state index in [1.807, 2.05) is 60.7 Å². The Morgan fingerprint density at radius 1 is 0.786 bits per heavy atom. The van der Waals surface area contributed by atoms with Crippen molar-refractivity contribution in [3.8, 4) is 5.69 Å². The lowest BCUT2D eigenvalue weighted by molar-refractivity contribution is 0.0531. The minimum absolute atomic E-state index is 0.00142. The molecule has 2 aromatic carbocycles. The third-order valence-corrected chi connectivity index (χ3v) is 5.19. The fraction of sp³-hybridized carbons (Fsp3) is 0.190. The molecule has 2 amide bonds. The highest BCUT2D eigenvalue weighted by molar-refractivity contribution is 7.71. The zero-order valence-corrected chi connectivity index (χ0v) is 16.1. The number of aromatic nitrogens is 2.